The number of aryl methyl sites for hydroxylation is 1. The smallest absolute Gasteiger partial charge is 0.251 e. The van der Waals surface area contributed by atoms with Crippen molar-refractivity contribution in [2.75, 3.05) is 0 Å². The fourth-order valence-corrected chi connectivity index (χ4v) is 2.29. The van der Waals surface area contributed by atoms with Gasteiger partial charge in [0.25, 0.3) is 5.91 Å². The molecular formula is C18H17N3O2. The maximum Gasteiger partial charge on any atom is 0.251 e. The van der Waals surface area contributed by atoms with Crippen molar-refractivity contribution in [3.05, 3.63) is 83.0 Å². The molecule has 1 N–H and O–H groups in total. The molecule has 1 aromatic heterocycles. The molecule has 116 valence electrons. The summed E-state index contributed by atoms with van der Waals surface area (Å²) in [4.78, 5) is 16.4. The third kappa shape index (κ3) is 3.83. The average Bonchev–Trinajstić information content (AvgIpc) is 3.01. The first-order chi connectivity index (χ1) is 11.2. The van der Waals surface area contributed by atoms with Crippen molar-refractivity contribution in [1.29, 1.82) is 0 Å². The number of nitrogens with one attached hydrogen (secondary N) is 1. The fourth-order valence-electron chi connectivity index (χ4n) is 2.29. The van der Waals surface area contributed by atoms with E-state index in [1.165, 1.54) is 0 Å². The summed E-state index contributed by atoms with van der Waals surface area (Å²) in [6.45, 7) is 2.15. The third-order valence-electron chi connectivity index (χ3n) is 3.51. The highest BCUT2D eigenvalue weighted by Gasteiger charge is 2.11. The van der Waals surface area contributed by atoms with Crippen molar-refractivity contribution in [1.82, 2.24) is 15.5 Å². The maximum atomic E-state index is 12.1. The number of hydrogen-bond acceptors (Lipinski definition) is 4. The minimum atomic E-state index is -0.141. The van der Waals surface area contributed by atoms with Gasteiger partial charge in [-0.25, -0.2) is 0 Å². The Morgan fingerprint density at radius 2 is 1.83 bits per heavy atom. The molecule has 0 saturated carbocycles. The van der Waals surface area contributed by atoms with E-state index in [-0.39, 0.29) is 12.5 Å². The van der Waals surface area contributed by atoms with Crippen LogP contribution in [0.1, 0.15) is 33.2 Å². The van der Waals surface area contributed by atoms with Gasteiger partial charge in [0.05, 0.1) is 13.0 Å². The zero-order chi connectivity index (χ0) is 16.1. The van der Waals surface area contributed by atoms with Crippen LogP contribution in [-0.2, 0) is 13.0 Å². The molecule has 0 saturated heterocycles. The fraction of sp³-hybridized carbons (Fsp3) is 0.167. The Kier molecular flexibility index (Phi) is 4.47. The molecular weight excluding hydrogens is 290 g/mol. The number of amides is 1. The third-order valence-corrected chi connectivity index (χ3v) is 3.51. The highest BCUT2D eigenvalue weighted by Crippen LogP contribution is 2.09. The minimum absolute atomic E-state index is 0.141. The lowest BCUT2D eigenvalue weighted by Crippen LogP contribution is -2.24. The number of carbonyl (C=O) groups excluding carboxylic acids is 1. The number of rotatable bonds is 5. The van der Waals surface area contributed by atoms with Crippen LogP contribution in [0.25, 0.3) is 0 Å². The van der Waals surface area contributed by atoms with Crippen molar-refractivity contribution in [2.45, 2.75) is 19.9 Å². The normalized spacial score (nSPS) is 10.5. The number of hydrogen-bond donors (Lipinski definition) is 1. The molecule has 0 aliphatic rings. The van der Waals surface area contributed by atoms with Gasteiger partial charge < -0.3 is 9.84 Å². The quantitative estimate of drug-likeness (QED) is 0.787. The van der Waals surface area contributed by atoms with E-state index in [0.29, 0.717) is 23.7 Å². The van der Waals surface area contributed by atoms with Gasteiger partial charge in [-0.05, 0) is 24.1 Å². The highest BCUT2D eigenvalue weighted by molar-refractivity contribution is 5.95. The number of benzene rings is 2. The summed E-state index contributed by atoms with van der Waals surface area (Å²) in [5.41, 5.74) is 2.69. The van der Waals surface area contributed by atoms with Gasteiger partial charge in [0, 0.05) is 5.56 Å². The summed E-state index contributed by atoms with van der Waals surface area (Å²) >= 11 is 0. The Labute approximate surface area is 134 Å². The molecule has 1 amide bonds. The van der Waals surface area contributed by atoms with E-state index < -0.39 is 0 Å². The van der Waals surface area contributed by atoms with Crippen molar-refractivity contribution in [3.8, 4) is 0 Å². The van der Waals surface area contributed by atoms with Gasteiger partial charge in [0.15, 0.2) is 5.82 Å². The molecule has 1 heterocycles. The Hall–Kier alpha value is -2.95. The van der Waals surface area contributed by atoms with Crippen LogP contribution in [0.4, 0.5) is 0 Å². The Bertz CT molecular complexity index is 797. The predicted octanol–water partition coefficient (Wildman–Crippen LogP) is 2.90. The van der Waals surface area contributed by atoms with Crippen LogP contribution in [0.15, 0.2) is 59.1 Å². The SMILES string of the molecule is Cc1ccccc1C(=O)NCc1noc(Cc2ccccc2)n1. The van der Waals surface area contributed by atoms with E-state index in [0.717, 1.165) is 11.1 Å². The van der Waals surface area contributed by atoms with Crippen LogP contribution in [0.3, 0.4) is 0 Å². The number of aromatic nitrogens is 2. The maximum absolute atomic E-state index is 12.1. The largest absolute Gasteiger partial charge is 0.345 e. The predicted molar refractivity (Wildman–Crippen MR) is 85.9 cm³/mol. The number of carbonyl (C=O) groups is 1. The topological polar surface area (TPSA) is 68.0 Å². The van der Waals surface area contributed by atoms with Crippen molar-refractivity contribution < 1.29 is 9.32 Å². The van der Waals surface area contributed by atoms with E-state index in [1.54, 1.807) is 6.07 Å². The molecule has 0 bridgehead atoms. The summed E-state index contributed by atoms with van der Waals surface area (Å²) < 4.78 is 5.22. The average molecular weight is 307 g/mol. The summed E-state index contributed by atoms with van der Waals surface area (Å²) in [6.07, 6.45) is 0.583. The second-order valence-corrected chi connectivity index (χ2v) is 5.26. The highest BCUT2D eigenvalue weighted by atomic mass is 16.5. The van der Waals surface area contributed by atoms with E-state index in [2.05, 4.69) is 15.5 Å². The zero-order valence-electron chi connectivity index (χ0n) is 12.8. The molecule has 5 nitrogen and oxygen atoms in total. The first-order valence-corrected chi connectivity index (χ1v) is 7.41. The lowest BCUT2D eigenvalue weighted by Gasteiger charge is -2.05. The Morgan fingerprint density at radius 3 is 2.61 bits per heavy atom. The van der Waals surface area contributed by atoms with Gasteiger partial charge in [0.1, 0.15) is 0 Å². The summed E-state index contributed by atoms with van der Waals surface area (Å²) in [6, 6.07) is 17.3. The zero-order valence-corrected chi connectivity index (χ0v) is 12.8. The second kappa shape index (κ2) is 6.87. The first-order valence-electron chi connectivity index (χ1n) is 7.41. The molecule has 0 spiro atoms. The van der Waals surface area contributed by atoms with Crippen molar-refractivity contribution >= 4 is 5.91 Å². The van der Waals surface area contributed by atoms with Crippen LogP contribution < -0.4 is 5.32 Å². The lowest BCUT2D eigenvalue weighted by atomic mass is 10.1. The molecule has 3 rings (SSSR count). The Morgan fingerprint density at radius 1 is 1.09 bits per heavy atom. The van der Waals surface area contributed by atoms with Crippen LogP contribution in [-0.4, -0.2) is 16.0 Å². The van der Waals surface area contributed by atoms with E-state index in [4.69, 9.17) is 4.52 Å². The molecule has 0 radical (unpaired) electrons. The van der Waals surface area contributed by atoms with Gasteiger partial charge in [-0.3, -0.25) is 4.79 Å². The summed E-state index contributed by atoms with van der Waals surface area (Å²) in [7, 11) is 0. The van der Waals surface area contributed by atoms with E-state index in [1.807, 2.05) is 55.5 Å². The molecule has 0 fully saturated rings. The molecule has 5 heteroatoms. The van der Waals surface area contributed by atoms with Gasteiger partial charge in [-0.1, -0.05) is 53.7 Å². The van der Waals surface area contributed by atoms with Crippen LogP contribution in [0.5, 0.6) is 0 Å². The monoisotopic (exact) mass is 307 g/mol. The lowest BCUT2D eigenvalue weighted by molar-refractivity contribution is 0.0949. The van der Waals surface area contributed by atoms with Gasteiger partial charge in [-0.15, -0.1) is 0 Å². The molecule has 0 aliphatic heterocycles. The van der Waals surface area contributed by atoms with E-state index >= 15 is 0 Å². The minimum Gasteiger partial charge on any atom is -0.345 e. The first kappa shape index (κ1) is 15.0. The molecule has 0 atom stereocenters. The van der Waals surface area contributed by atoms with Gasteiger partial charge in [0.2, 0.25) is 5.89 Å². The molecule has 2 aromatic carbocycles. The van der Waals surface area contributed by atoms with Crippen molar-refractivity contribution in [2.24, 2.45) is 0 Å². The number of nitrogens with zero attached hydrogens (tertiary/aromatic N) is 2. The van der Waals surface area contributed by atoms with Gasteiger partial charge >= 0.3 is 0 Å². The molecule has 0 aliphatic carbocycles. The van der Waals surface area contributed by atoms with Crippen LogP contribution in [0.2, 0.25) is 0 Å². The summed E-state index contributed by atoms with van der Waals surface area (Å²) in [5, 5.41) is 6.71. The standard InChI is InChI=1S/C18H17N3O2/c1-13-7-5-6-10-15(13)18(22)19-12-16-20-17(23-21-16)11-14-8-3-2-4-9-14/h2-10H,11-12H2,1H3,(H,19,22). The molecule has 0 unspecified atom stereocenters. The van der Waals surface area contributed by atoms with Crippen molar-refractivity contribution in [3.63, 3.8) is 0 Å². The second-order valence-electron chi connectivity index (χ2n) is 5.26. The van der Waals surface area contributed by atoms with E-state index in [9.17, 15) is 4.79 Å². The molecule has 23 heavy (non-hydrogen) atoms. The van der Waals surface area contributed by atoms with Gasteiger partial charge in [-0.2, -0.15) is 4.98 Å². The summed E-state index contributed by atoms with van der Waals surface area (Å²) in [5.74, 6) is 0.867. The Balaban J connectivity index is 1.59. The van der Waals surface area contributed by atoms with Crippen LogP contribution in [0, 0.1) is 6.92 Å². The molecule has 3 aromatic rings. The van der Waals surface area contributed by atoms with Crippen LogP contribution >= 0.6 is 0 Å².